The molecule has 4 rings (SSSR count). The van der Waals surface area contributed by atoms with Crippen molar-refractivity contribution in [3.05, 3.63) is 80.5 Å². The molecule has 0 saturated carbocycles. The molecular weight excluding hydrogens is 406 g/mol. The number of para-hydroxylation sites is 1. The Morgan fingerprint density at radius 1 is 1.00 bits per heavy atom. The summed E-state index contributed by atoms with van der Waals surface area (Å²) in [6.07, 6.45) is 1.08. The molecule has 0 bridgehead atoms. The first-order chi connectivity index (χ1) is 15.5. The Balaban J connectivity index is 1.37. The zero-order valence-corrected chi connectivity index (χ0v) is 17.8. The fraction of sp³-hybridized carbons (Fsp3) is 0.333. The third-order valence-electron chi connectivity index (χ3n) is 5.88. The number of nitrogens with zero attached hydrogens (tertiary/aromatic N) is 4. The predicted molar refractivity (Wildman–Crippen MR) is 121 cm³/mol. The van der Waals surface area contributed by atoms with Crippen molar-refractivity contribution in [3.8, 4) is 6.07 Å². The van der Waals surface area contributed by atoms with Crippen molar-refractivity contribution in [2.24, 2.45) is 0 Å². The van der Waals surface area contributed by atoms with E-state index in [0.717, 1.165) is 31.6 Å². The Hall–Kier alpha value is -3.70. The first-order valence-corrected chi connectivity index (χ1v) is 10.8. The number of rotatable bonds is 5. The molecule has 1 aliphatic heterocycles. The molecule has 0 atom stereocenters. The minimum absolute atomic E-state index is 0.00686. The van der Waals surface area contributed by atoms with Gasteiger partial charge in [0.2, 0.25) is 5.91 Å². The molecule has 0 spiro atoms. The van der Waals surface area contributed by atoms with Crippen molar-refractivity contribution in [2.45, 2.75) is 25.9 Å². The summed E-state index contributed by atoms with van der Waals surface area (Å²) in [6, 6.07) is 16.6. The van der Waals surface area contributed by atoms with Gasteiger partial charge in [-0.1, -0.05) is 24.3 Å². The van der Waals surface area contributed by atoms with Crippen LogP contribution in [0.25, 0.3) is 10.9 Å². The zero-order chi connectivity index (χ0) is 22.5. The Morgan fingerprint density at radius 3 is 2.56 bits per heavy atom. The van der Waals surface area contributed by atoms with Gasteiger partial charge in [0.1, 0.15) is 0 Å². The molecule has 3 aromatic rings. The van der Waals surface area contributed by atoms with Crippen LogP contribution in [0.15, 0.2) is 58.1 Å². The van der Waals surface area contributed by atoms with Crippen LogP contribution in [0.5, 0.6) is 0 Å². The van der Waals surface area contributed by atoms with Crippen LogP contribution in [-0.4, -0.2) is 51.4 Å². The molecule has 1 fully saturated rings. The highest BCUT2D eigenvalue weighted by molar-refractivity contribution is 5.79. The number of aryl methyl sites for hydroxylation is 1. The smallest absolute Gasteiger partial charge is 0.328 e. The highest BCUT2D eigenvalue weighted by atomic mass is 16.2. The molecule has 2 heterocycles. The maximum Gasteiger partial charge on any atom is 0.328 e. The lowest BCUT2D eigenvalue weighted by Crippen LogP contribution is -2.37. The summed E-state index contributed by atoms with van der Waals surface area (Å²) in [5, 5.41) is 9.37. The van der Waals surface area contributed by atoms with Gasteiger partial charge in [-0.3, -0.25) is 24.0 Å². The van der Waals surface area contributed by atoms with Gasteiger partial charge >= 0.3 is 5.69 Å². The van der Waals surface area contributed by atoms with Crippen LogP contribution in [0, 0.1) is 11.3 Å². The van der Waals surface area contributed by atoms with E-state index in [-0.39, 0.29) is 18.9 Å². The van der Waals surface area contributed by atoms with Gasteiger partial charge in [0, 0.05) is 45.7 Å². The van der Waals surface area contributed by atoms with E-state index >= 15 is 0 Å². The van der Waals surface area contributed by atoms with Gasteiger partial charge in [0.05, 0.1) is 22.5 Å². The summed E-state index contributed by atoms with van der Waals surface area (Å²) < 4.78 is 1.46. The average Bonchev–Trinajstić information content (AvgIpc) is 3.05. The van der Waals surface area contributed by atoms with E-state index < -0.39 is 11.2 Å². The summed E-state index contributed by atoms with van der Waals surface area (Å²) in [5.41, 5.74) is 1.43. The number of nitrogens with one attached hydrogen (secondary N) is 1. The fourth-order valence-corrected chi connectivity index (χ4v) is 4.15. The van der Waals surface area contributed by atoms with Crippen molar-refractivity contribution in [3.63, 3.8) is 0 Å². The lowest BCUT2D eigenvalue weighted by Gasteiger charge is -2.22. The second-order valence-corrected chi connectivity index (χ2v) is 8.00. The van der Waals surface area contributed by atoms with Crippen LogP contribution in [0.1, 0.15) is 24.0 Å². The first kappa shape index (κ1) is 21.5. The Morgan fingerprint density at radius 2 is 1.78 bits per heavy atom. The Labute approximate surface area is 185 Å². The second kappa shape index (κ2) is 9.62. The van der Waals surface area contributed by atoms with E-state index in [9.17, 15) is 14.4 Å². The summed E-state index contributed by atoms with van der Waals surface area (Å²) >= 11 is 0. The molecule has 32 heavy (non-hydrogen) atoms. The molecule has 0 radical (unpaired) electrons. The van der Waals surface area contributed by atoms with Gasteiger partial charge < -0.3 is 4.90 Å². The molecule has 0 aliphatic carbocycles. The number of hydrogen-bond acceptors (Lipinski definition) is 5. The van der Waals surface area contributed by atoms with Crippen LogP contribution in [0.3, 0.4) is 0 Å². The number of hydrogen-bond donors (Lipinski definition) is 1. The van der Waals surface area contributed by atoms with Crippen LogP contribution < -0.4 is 11.2 Å². The quantitative estimate of drug-likeness (QED) is 0.662. The second-order valence-electron chi connectivity index (χ2n) is 8.00. The number of benzene rings is 2. The average molecular weight is 431 g/mol. The number of fused-ring (bicyclic) bond motifs is 1. The van der Waals surface area contributed by atoms with E-state index in [1.807, 2.05) is 29.2 Å². The maximum atomic E-state index is 12.9. The summed E-state index contributed by atoms with van der Waals surface area (Å²) in [4.78, 5) is 43.7. The zero-order valence-electron chi connectivity index (χ0n) is 17.8. The normalized spacial score (nSPS) is 14.8. The highest BCUT2D eigenvalue weighted by Gasteiger charge is 2.19. The molecule has 1 aliphatic rings. The topological polar surface area (TPSA) is 102 Å². The van der Waals surface area contributed by atoms with Crippen LogP contribution >= 0.6 is 0 Å². The Bertz CT molecular complexity index is 1270. The number of amides is 1. The molecular formula is C24H25N5O3. The maximum absolute atomic E-state index is 12.9. The summed E-state index contributed by atoms with van der Waals surface area (Å²) in [6.45, 7) is 3.99. The lowest BCUT2D eigenvalue weighted by molar-refractivity contribution is -0.131. The minimum Gasteiger partial charge on any atom is -0.341 e. The van der Waals surface area contributed by atoms with Crippen molar-refractivity contribution in [1.82, 2.24) is 19.4 Å². The van der Waals surface area contributed by atoms with Crippen molar-refractivity contribution in [1.29, 1.82) is 5.26 Å². The molecule has 8 nitrogen and oxygen atoms in total. The fourth-order valence-electron chi connectivity index (χ4n) is 4.15. The molecule has 0 unspecified atom stereocenters. The van der Waals surface area contributed by atoms with Gasteiger partial charge in [0.25, 0.3) is 5.56 Å². The van der Waals surface area contributed by atoms with E-state index in [2.05, 4.69) is 16.0 Å². The van der Waals surface area contributed by atoms with E-state index in [1.165, 1.54) is 4.57 Å². The first-order valence-electron chi connectivity index (χ1n) is 10.8. The molecule has 1 amide bonds. The Kier molecular flexibility index (Phi) is 6.47. The molecule has 1 aromatic heterocycles. The highest BCUT2D eigenvalue weighted by Crippen LogP contribution is 2.12. The molecule has 2 aromatic carbocycles. The van der Waals surface area contributed by atoms with Crippen molar-refractivity contribution in [2.75, 3.05) is 26.2 Å². The van der Waals surface area contributed by atoms with Gasteiger partial charge in [-0.15, -0.1) is 0 Å². The predicted octanol–water partition coefficient (Wildman–Crippen LogP) is 1.69. The van der Waals surface area contributed by atoms with Gasteiger partial charge in [-0.25, -0.2) is 4.79 Å². The monoisotopic (exact) mass is 431 g/mol. The van der Waals surface area contributed by atoms with Crippen LogP contribution in [-0.2, 0) is 17.9 Å². The van der Waals surface area contributed by atoms with Crippen molar-refractivity contribution < 1.29 is 4.79 Å². The molecule has 164 valence electrons. The van der Waals surface area contributed by atoms with Crippen molar-refractivity contribution >= 4 is 16.8 Å². The van der Waals surface area contributed by atoms with Gasteiger partial charge in [0.15, 0.2) is 0 Å². The minimum atomic E-state index is -0.494. The number of carbonyl (C=O) groups excluding carboxylic acids is 1. The molecule has 1 saturated heterocycles. The lowest BCUT2D eigenvalue weighted by atomic mass is 10.1. The summed E-state index contributed by atoms with van der Waals surface area (Å²) in [5.74, 6) is 0.00686. The van der Waals surface area contributed by atoms with Crippen LogP contribution in [0.4, 0.5) is 0 Å². The number of H-pyrrole nitrogens is 1. The van der Waals surface area contributed by atoms with E-state index in [4.69, 9.17) is 5.26 Å². The third-order valence-corrected chi connectivity index (χ3v) is 5.88. The van der Waals surface area contributed by atoms with Gasteiger partial charge in [-0.05, 0) is 36.2 Å². The van der Waals surface area contributed by atoms with Gasteiger partial charge in [-0.2, -0.15) is 5.26 Å². The number of carbonyl (C=O) groups is 1. The number of nitriles is 1. The summed E-state index contributed by atoms with van der Waals surface area (Å²) in [7, 11) is 0. The molecule has 1 N–H and O–H groups in total. The van der Waals surface area contributed by atoms with E-state index in [1.54, 1.807) is 24.3 Å². The van der Waals surface area contributed by atoms with E-state index in [0.29, 0.717) is 29.6 Å². The van der Waals surface area contributed by atoms with Crippen LogP contribution in [0.2, 0.25) is 0 Å². The third kappa shape index (κ3) is 4.79. The largest absolute Gasteiger partial charge is 0.341 e. The SMILES string of the molecule is N#Cc1ccc(CN2CCCN(C(=O)CCn3c(=O)[nH]c(=O)c4ccccc43)CC2)cc1. The molecule has 8 heteroatoms. The number of aromatic nitrogens is 2. The number of aromatic amines is 1. The standard InChI is InChI=1S/C24H25N5O3/c25-16-18-6-8-19(9-7-18)17-27-11-3-12-28(15-14-27)22(30)10-13-29-21-5-2-1-4-20(21)23(31)26-24(29)32/h1-2,4-9H,3,10-15,17H2,(H,26,31,32).